The first-order valence-corrected chi connectivity index (χ1v) is 7.40. The minimum Gasteiger partial charge on any atom is -0.469 e. The Morgan fingerprint density at radius 2 is 2.26 bits per heavy atom. The van der Waals surface area contributed by atoms with Gasteiger partial charge in [0.05, 0.1) is 17.0 Å². The SMILES string of the molecule is O=C(Nc1ccc(I)cc1Cl)C1CC1c1ccco1. The van der Waals surface area contributed by atoms with Gasteiger partial charge in [0.25, 0.3) is 0 Å². The van der Waals surface area contributed by atoms with Crippen LogP contribution in [0.2, 0.25) is 5.02 Å². The molecule has 1 aliphatic carbocycles. The topological polar surface area (TPSA) is 42.2 Å². The Balaban J connectivity index is 1.67. The zero-order chi connectivity index (χ0) is 13.4. The normalized spacial score (nSPS) is 21.2. The highest BCUT2D eigenvalue weighted by Gasteiger charge is 2.45. The summed E-state index contributed by atoms with van der Waals surface area (Å²) in [5.74, 6) is 1.08. The van der Waals surface area contributed by atoms with Gasteiger partial charge in [-0.05, 0) is 59.3 Å². The average molecular weight is 388 g/mol. The van der Waals surface area contributed by atoms with Gasteiger partial charge in [0.15, 0.2) is 0 Å². The number of carbonyl (C=O) groups excluding carboxylic acids is 1. The Hall–Kier alpha value is -1.01. The van der Waals surface area contributed by atoms with Crippen LogP contribution in [0.15, 0.2) is 41.0 Å². The van der Waals surface area contributed by atoms with Crippen LogP contribution in [0.1, 0.15) is 18.1 Å². The largest absolute Gasteiger partial charge is 0.469 e. The van der Waals surface area contributed by atoms with E-state index in [1.165, 1.54) is 0 Å². The van der Waals surface area contributed by atoms with Crippen molar-refractivity contribution in [1.29, 1.82) is 0 Å². The molecule has 98 valence electrons. The molecule has 1 aromatic carbocycles. The van der Waals surface area contributed by atoms with E-state index < -0.39 is 0 Å². The van der Waals surface area contributed by atoms with Crippen molar-refractivity contribution < 1.29 is 9.21 Å². The summed E-state index contributed by atoms with van der Waals surface area (Å²) in [6, 6.07) is 9.33. The Morgan fingerprint density at radius 3 is 2.95 bits per heavy atom. The Kier molecular flexibility index (Phi) is 3.54. The smallest absolute Gasteiger partial charge is 0.228 e. The zero-order valence-electron chi connectivity index (χ0n) is 9.90. The molecule has 1 aliphatic rings. The third-order valence-corrected chi connectivity index (χ3v) is 4.21. The molecular weight excluding hydrogens is 377 g/mol. The second-order valence-corrected chi connectivity index (χ2v) is 6.23. The molecule has 19 heavy (non-hydrogen) atoms. The van der Waals surface area contributed by atoms with Crippen LogP contribution in [-0.2, 0) is 4.79 Å². The number of carbonyl (C=O) groups is 1. The lowest BCUT2D eigenvalue weighted by Crippen LogP contribution is -2.14. The molecule has 1 fully saturated rings. The number of anilines is 1. The molecule has 1 heterocycles. The molecule has 1 saturated carbocycles. The van der Waals surface area contributed by atoms with Crippen LogP contribution in [0.3, 0.4) is 0 Å². The van der Waals surface area contributed by atoms with Crippen LogP contribution in [0.4, 0.5) is 5.69 Å². The molecule has 0 bridgehead atoms. The lowest BCUT2D eigenvalue weighted by molar-refractivity contribution is -0.117. The molecule has 0 saturated heterocycles. The lowest BCUT2D eigenvalue weighted by Gasteiger charge is -2.07. The minimum absolute atomic E-state index is 0.00417. The van der Waals surface area contributed by atoms with E-state index >= 15 is 0 Å². The molecule has 3 nitrogen and oxygen atoms in total. The lowest BCUT2D eigenvalue weighted by atomic mass is 10.2. The molecule has 2 unspecified atom stereocenters. The molecule has 2 aromatic rings. The van der Waals surface area contributed by atoms with Gasteiger partial charge < -0.3 is 9.73 Å². The van der Waals surface area contributed by atoms with Crippen molar-refractivity contribution >= 4 is 45.8 Å². The van der Waals surface area contributed by atoms with Crippen molar-refractivity contribution in [3.05, 3.63) is 50.9 Å². The van der Waals surface area contributed by atoms with Crippen molar-refractivity contribution in [2.24, 2.45) is 5.92 Å². The van der Waals surface area contributed by atoms with E-state index in [0.29, 0.717) is 10.7 Å². The van der Waals surface area contributed by atoms with Crippen LogP contribution in [0.25, 0.3) is 0 Å². The molecule has 5 heteroatoms. The maximum absolute atomic E-state index is 12.1. The van der Waals surface area contributed by atoms with Crippen molar-refractivity contribution in [1.82, 2.24) is 0 Å². The predicted molar refractivity (Wildman–Crippen MR) is 82.4 cm³/mol. The summed E-state index contributed by atoms with van der Waals surface area (Å²) in [5, 5.41) is 3.44. The summed E-state index contributed by atoms with van der Waals surface area (Å²) < 4.78 is 6.36. The fourth-order valence-corrected chi connectivity index (χ4v) is 3.02. The maximum atomic E-state index is 12.1. The predicted octanol–water partition coefficient (Wildman–Crippen LogP) is 4.28. The first-order valence-electron chi connectivity index (χ1n) is 5.94. The van der Waals surface area contributed by atoms with E-state index in [9.17, 15) is 4.79 Å². The summed E-state index contributed by atoms with van der Waals surface area (Å²) >= 11 is 8.28. The van der Waals surface area contributed by atoms with E-state index in [2.05, 4.69) is 27.9 Å². The van der Waals surface area contributed by atoms with Crippen molar-refractivity contribution in [2.45, 2.75) is 12.3 Å². The van der Waals surface area contributed by atoms with E-state index in [-0.39, 0.29) is 17.7 Å². The van der Waals surface area contributed by atoms with E-state index in [1.54, 1.807) is 6.26 Å². The molecule has 1 N–H and O–H groups in total. The third kappa shape index (κ3) is 2.79. The first-order chi connectivity index (χ1) is 9.15. The Morgan fingerprint density at radius 1 is 1.42 bits per heavy atom. The van der Waals surface area contributed by atoms with Gasteiger partial charge in [0.1, 0.15) is 5.76 Å². The van der Waals surface area contributed by atoms with Gasteiger partial charge in [-0.25, -0.2) is 0 Å². The van der Waals surface area contributed by atoms with E-state index in [4.69, 9.17) is 16.0 Å². The number of hydrogen-bond donors (Lipinski definition) is 1. The number of rotatable bonds is 3. The minimum atomic E-state index is -0.0125. The molecule has 1 aromatic heterocycles. The molecular formula is C14H11ClINO2. The van der Waals surface area contributed by atoms with Gasteiger partial charge in [-0.3, -0.25) is 4.79 Å². The number of benzene rings is 1. The summed E-state index contributed by atoms with van der Waals surface area (Å²) in [6.07, 6.45) is 2.47. The standard InChI is InChI=1S/C14H11ClINO2/c15-11-6-8(16)3-4-12(11)17-14(18)10-7-9(10)13-2-1-5-19-13/h1-6,9-10H,7H2,(H,17,18). The molecule has 0 spiro atoms. The van der Waals surface area contributed by atoms with Gasteiger partial charge in [0, 0.05) is 15.4 Å². The summed E-state index contributed by atoms with van der Waals surface area (Å²) in [4.78, 5) is 12.1. The fraction of sp³-hybridized carbons (Fsp3) is 0.214. The maximum Gasteiger partial charge on any atom is 0.228 e. The highest BCUT2D eigenvalue weighted by molar-refractivity contribution is 14.1. The highest BCUT2D eigenvalue weighted by atomic mass is 127. The Bertz CT molecular complexity index is 612. The van der Waals surface area contributed by atoms with Crippen molar-refractivity contribution in [3.63, 3.8) is 0 Å². The number of hydrogen-bond acceptors (Lipinski definition) is 2. The molecule has 0 radical (unpaired) electrons. The van der Waals surface area contributed by atoms with Crippen molar-refractivity contribution in [2.75, 3.05) is 5.32 Å². The van der Waals surface area contributed by atoms with Gasteiger partial charge in [-0.2, -0.15) is 0 Å². The second-order valence-electron chi connectivity index (χ2n) is 4.58. The summed E-state index contributed by atoms with van der Waals surface area (Å²) in [6.45, 7) is 0. The fourth-order valence-electron chi connectivity index (χ4n) is 2.12. The molecule has 0 aliphatic heterocycles. The van der Waals surface area contributed by atoms with Gasteiger partial charge >= 0.3 is 0 Å². The zero-order valence-corrected chi connectivity index (χ0v) is 12.8. The van der Waals surface area contributed by atoms with E-state index in [1.807, 2.05) is 30.3 Å². The monoisotopic (exact) mass is 387 g/mol. The Labute approximate surface area is 129 Å². The quantitative estimate of drug-likeness (QED) is 0.799. The van der Waals surface area contributed by atoms with Crippen LogP contribution in [0.5, 0.6) is 0 Å². The number of amides is 1. The highest BCUT2D eigenvalue weighted by Crippen LogP contribution is 2.48. The molecule has 1 amide bonds. The van der Waals surface area contributed by atoms with Crippen LogP contribution >= 0.6 is 34.2 Å². The number of furan rings is 1. The average Bonchev–Trinajstić information content (AvgIpc) is 2.99. The third-order valence-electron chi connectivity index (χ3n) is 3.22. The number of halogens is 2. The van der Waals surface area contributed by atoms with Gasteiger partial charge in [0.2, 0.25) is 5.91 Å². The second kappa shape index (κ2) is 5.17. The number of nitrogens with one attached hydrogen (secondary N) is 1. The van der Waals surface area contributed by atoms with Crippen LogP contribution in [-0.4, -0.2) is 5.91 Å². The van der Waals surface area contributed by atoms with Crippen molar-refractivity contribution in [3.8, 4) is 0 Å². The van der Waals surface area contributed by atoms with Gasteiger partial charge in [-0.15, -0.1) is 0 Å². The van der Waals surface area contributed by atoms with Crippen LogP contribution < -0.4 is 5.32 Å². The summed E-state index contributed by atoms with van der Waals surface area (Å²) in [5.41, 5.74) is 0.664. The van der Waals surface area contributed by atoms with Crippen LogP contribution in [0, 0.1) is 9.49 Å². The summed E-state index contributed by atoms with van der Waals surface area (Å²) in [7, 11) is 0. The van der Waals surface area contributed by atoms with E-state index in [0.717, 1.165) is 15.8 Å². The molecule has 2 atom stereocenters. The molecule has 3 rings (SSSR count). The van der Waals surface area contributed by atoms with Gasteiger partial charge in [-0.1, -0.05) is 11.6 Å². The first kappa shape index (κ1) is 13.0.